The minimum atomic E-state index is -1.82. The smallest absolute Gasteiger partial charge is 0.229 e. The summed E-state index contributed by atoms with van der Waals surface area (Å²) in [6, 6.07) is 0. The molecule has 7 rings (SSSR count). The van der Waals surface area contributed by atoms with Crippen LogP contribution < -0.4 is 0 Å². The molecule has 0 unspecified atom stereocenters. The Hall–Kier alpha value is -2.08. The third-order valence-electron chi connectivity index (χ3n) is 15.3. The van der Waals surface area contributed by atoms with E-state index >= 15 is 0 Å². The Bertz CT molecular complexity index is 1680. The van der Waals surface area contributed by atoms with E-state index in [4.69, 9.17) is 23.7 Å². The molecule has 7 aliphatic rings. The summed E-state index contributed by atoms with van der Waals surface area (Å²) in [7, 11) is 0. The zero-order valence-corrected chi connectivity index (χ0v) is 33.9. The van der Waals surface area contributed by atoms with Crippen LogP contribution in [0.4, 0.5) is 0 Å². The van der Waals surface area contributed by atoms with Crippen LogP contribution in [0.2, 0.25) is 0 Å². The predicted octanol–water partition coefficient (Wildman–Crippen LogP) is 1.60. The summed E-state index contributed by atoms with van der Waals surface area (Å²) >= 11 is 0. The van der Waals surface area contributed by atoms with E-state index in [1.807, 2.05) is 27.7 Å². The molecular weight excluding hydrogens is 728 g/mol. The number of hydrogen-bond donors (Lipinski definition) is 7. The van der Waals surface area contributed by atoms with E-state index in [1.54, 1.807) is 19.9 Å². The second-order valence-electron chi connectivity index (χ2n) is 19.4. The van der Waals surface area contributed by atoms with Crippen molar-refractivity contribution in [3.05, 3.63) is 35.1 Å². The molecule has 3 heterocycles. The third kappa shape index (κ3) is 6.07. The lowest BCUT2D eigenvalue weighted by molar-refractivity contribution is -0.353. The van der Waals surface area contributed by atoms with Crippen molar-refractivity contribution in [3.63, 3.8) is 0 Å². The number of hydrogen-bond acceptors (Lipinski definition) is 14. The molecule has 314 valence electrons. The fourth-order valence-corrected chi connectivity index (χ4v) is 12.2. The molecule has 0 aromatic heterocycles. The zero-order valence-electron chi connectivity index (χ0n) is 33.9. The summed E-state index contributed by atoms with van der Waals surface area (Å²) in [5, 5.41) is 75.8. The van der Waals surface area contributed by atoms with Gasteiger partial charge in [-0.1, -0.05) is 44.1 Å². The molecule has 0 aromatic carbocycles. The van der Waals surface area contributed by atoms with Gasteiger partial charge in [0.15, 0.2) is 12.0 Å². The number of ketones is 2. The topological polar surface area (TPSA) is 222 Å². The van der Waals surface area contributed by atoms with Gasteiger partial charge in [-0.15, -0.1) is 0 Å². The fourth-order valence-electron chi connectivity index (χ4n) is 12.2. The van der Waals surface area contributed by atoms with Crippen molar-refractivity contribution in [2.75, 3.05) is 6.61 Å². The first-order valence-electron chi connectivity index (χ1n) is 20.1. The molecule has 0 radical (unpaired) electrons. The number of allylic oxidation sites excluding steroid dienone is 5. The van der Waals surface area contributed by atoms with E-state index in [9.17, 15) is 45.3 Å². The summed E-state index contributed by atoms with van der Waals surface area (Å²) < 4.78 is 30.0. The maximum absolute atomic E-state index is 14.9. The molecule has 14 heteroatoms. The van der Waals surface area contributed by atoms with Crippen LogP contribution in [0.3, 0.4) is 0 Å². The van der Waals surface area contributed by atoms with Crippen LogP contribution in [0.15, 0.2) is 35.1 Å². The van der Waals surface area contributed by atoms with Gasteiger partial charge >= 0.3 is 0 Å². The van der Waals surface area contributed by atoms with E-state index in [2.05, 4.69) is 26.0 Å². The molecule has 0 aromatic rings. The standard InChI is InChI=1S/C42H62O14/c1-18(2)12-20-14-41(8,51)34-24(53-20)15-39(6)26-11-10-21-22(42(26,9)27(44)16-40(34,39)7)13-23(35(50)38(21,4)5)54-37-32(49)30(47)33(25(17-43)55-37)56-36-31(48)29(46)28(45)19(3)52-36/h10,12-13,19-20,22,24-26,28-34,36-37,43,45-49,51H,11,14-17H2,1-9H3/t19-,20-,22-,24+,25+,26-,28-,29+,30+,31+,32+,33+,34+,36-,37-,39-,40+,41-,42-/m0/s1. The average molecular weight is 791 g/mol. The van der Waals surface area contributed by atoms with E-state index < -0.39 is 107 Å². The molecule has 5 fully saturated rings. The molecule has 0 bridgehead atoms. The lowest BCUT2D eigenvalue weighted by Gasteiger charge is -2.64. The molecule has 0 amide bonds. The zero-order chi connectivity index (χ0) is 41.2. The van der Waals surface area contributed by atoms with Crippen molar-refractivity contribution in [2.45, 2.75) is 167 Å². The van der Waals surface area contributed by atoms with Crippen molar-refractivity contribution >= 4 is 11.6 Å². The SMILES string of the molecule is CC(C)=C[C@H]1C[C@](C)(O)[C@@H]2[C@@H](C[C@@]3(C)[C@@H]4CC=C5[C@H](C=C(O[C@H]6O[C@H](CO)[C@@H](O[C@@H]7O[C@@H](C)[C@H](O)[C@@H](O)[C@H]7O)[C@H](O)[C@H]6O)C(=O)C5(C)C)[C@]4(C)C(=O)C[C@]23C)O1. The number of carbonyl (C=O) groups excluding carboxylic acids is 2. The number of Topliss-reactive ketones (excluding diaryl/α,β-unsaturated/α-hetero) is 2. The average Bonchev–Trinajstić information content (AvgIpc) is 3.34. The van der Waals surface area contributed by atoms with Crippen LogP contribution in [0.1, 0.15) is 88.0 Å². The minimum absolute atomic E-state index is 0.0329. The number of aliphatic hydroxyl groups excluding tert-OH is 6. The summed E-state index contributed by atoms with van der Waals surface area (Å²) in [5.74, 6) is -1.54. The molecule has 4 aliphatic carbocycles. The Kier molecular flexibility index (Phi) is 10.5. The van der Waals surface area contributed by atoms with Gasteiger partial charge in [0.1, 0.15) is 48.5 Å². The quantitative estimate of drug-likeness (QED) is 0.190. The number of aliphatic hydroxyl groups is 7. The molecule has 3 aliphatic heterocycles. The molecular formula is C42H62O14. The highest BCUT2D eigenvalue weighted by atomic mass is 16.7. The van der Waals surface area contributed by atoms with Crippen LogP contribution in [0.25, 0.3) is 0 Å². The van der Waals surface area contributed by atoms with E-state index in [-0.39, 0.29) is 42.0 Å². The van der Waals surface area contributed by atoms with Crippen molar-refractivity contribution in [3.8, 4) is 0 Å². The monoisotopic (exact) mass is 790 g/mol. The molecule has 7 N–H and O–H groups in total. The Balaban J connectivity index is 1.18. The highest BCUT2D eigenvalue weighted by Gasteiger charge is 2.75. The van der Waals surface area contributed by atoms with Gasteiger partial charge in [-0.05, 0) is 77.2 Å². The fraction of sp³-hybridized carbons (Fsp3) is 0.810. The second-order valence-corrected chi connectivity index (χ2v) is 19.4. The van der Waals surface area contributed by atoms with Crippen molar-refractivity contribution in [1.82, 2.24) is 0 Å². The first-order valence-corrected chi connectivity index (χ1v) is 20.1. The Morgan fingerprint density at radius 3 is 2.18 bits per heavy atom. The van der Waals surface area contributed by atoms with Crippen LogP contribution in [-0.4, -0.2) is 133 Å². The number of fused-ring (bicyclic) bond motifs is 7. The molecule has 0 spiro atoms. The van der Waals surface area contributed by atoms with Gasteiger partial charge in [0.25, 0.3) is 0 Å². The Morgan fingerprint density at radius 1 is 0.875 bits per heavy atom. The largest absolute Gasteiger partial charge is 0.459 e. The van der Waals surface area contributed by atoms with Crippen LogP contribution in [0.5, 0.6) is 0 Å². The lowest BCUT2D eigenvalue weighted by atomic mass is 9.39. The second kappa shape index (κ2) is 14.0. The van der Waals surface area contributed by atoms with Gasteiger partial charge in [-0.3, -0.25) is 9.59 Å². The third-order valence-corrected chi connectivity index (χ3v) is 15.3. The lowest BCUT2D eigenvalue weighted by Crippen LogP contribution is -2.65. The molecule has 14 nitrogen and oxygen atoms in total. The molecule has 19 atom stereocenters. The maximum Gasteiger partial charge on any atom is 0.229 e. The van der Waals surface area contributed by atoms with E-state index in [0.717, 1.165) is 11.1 Å². The predicted molar refractivity (Wildman–Crippen MR) is 198 cm³/mol. The van der Waals surface area contributed by atoms with E-state index in [0.29, 0.717) is 19.3 Å². The summed E-state index contributed by atoms with van der Waals surface area (Å²) in [5.41, 5.74) is -2.26. The minimum Gasteiger partial charge on any atom is -0.459 e. The maximum atomic E-state index is 14.9. The van der Waals surface area contributed by atoms with Crippen LogP contribution in [-0.2, 0) is 33.3 Å². The van der Waals surface area contributed by atoms with Gasteiger partial charge in [0.2, 0.25) is 12.1 Å². The van der Waals surface area contributed by atoms with E-state index in [1.165, 1.54) is 6.92 Å². The number of carbonyl (C=O) groups is 2. The van der Waals surface area contributed by atoms with Gasteiger partial charge in [-0.2, -0.15) is 0 Å². The first kappa shape index (κ1) is 42.1. The van der Waals surface area contributed by atoms with Crippen molar-refractivity contribution < 1.29 is 69.0 Å². The highest BCUT2D eigenvalue weighted by molar-refractivity contribution is 6.02. The summed E-state index contributed by atoms with van der Waals surface area (Å²) in [6.45, 7) is 16.5. The molecule has 3 saturated heterocycles. The molecule has 56 heavy (non-hydrogen) atoms. The van der Waals surface area contributed by atoms with Gasteiger partial charge in [-0.25, -0.2) is 0 Å². The number of rotatable bonds is 6. The van der Waals surface area contributed by atoms with Gasteiger partial charge < -0.3 is 59.4 Å². The van der Waals surface area contributed by atoms with Gasteiger partial charge in [0, 0.05) is 30.1 Å². The first-order chi connectivity index (χ1) is 25.9. The van der Waals surface area contributed by atoms with Crippen molar-refractivity contribution in [1.29, 1.82) is 0 Å². The van der Waals surface area contributed by atoms with Crippen molar-refractivity contribution in [2.24, 2.45) is 39.4 Å². The van der Waals surface area contributed by atoms with Crippen LogP contribution >= 0.6 is 0 Å². The van der Waals surface area contributed by atoms with Crippen LogP contribution in [0, 0.1) is 39.4 Å². The summed E-state index contributed by atoms with van der Waals surface area (Å²) in [4.78, 5) is 29.2. The van der Waals surface area contributed by atoms with Gasteiger partial charge in [0.05, 0.1) is 35.9 Å². The number of ether oxygens (including phenoxy) is 5. The Morgan fingerprint density at radius 2 is 1.54 bits per heavy atom. The Labute approximate surface area is 328 Å². The molecule has 2 saturated carbocycles. The normalized spacial score (nSPS) is 52.5. The summed E-state index contributed by atoms with van der Waals surface area (Å²) in [6.07, 6.45) is -8.13. The highest BCUT2D eigenvalue weighted by Crippen LogP contribution is 2.75.